The summed E-state index contributed by atoms with van der Waals surface area (Å²) in [6, 6.07) is 9.55. The van der Waals surface area contributed by atoms with E-state index >= 15 is 0 Å². The first kappa shape index (κ1) is 16.7. The van der Waals surface area contributed by atoms with Crippen molar-refractivity contribution < 1.29 is 0 Å². The van der Waals surface area contributed by atoms with Crippen molar-refractivity contribution in [2.75, 3.05) is 6.54 Å². The zero-order valence-electron chi connectivity index (χ0n) is 13.3. The van der Waals surface area contributed by atoms with Crippen LogP contribution in [-0.4, -0.2) is 6.54 Å². The number of halogens is 1. The zero-order chi connectivity index (χ0) is 15.4. The summed E-state index contributed by atoms with van der Waals surface area (Å²) in [7, 11) is 0. The standard InChI is InChI=1S/C18H24BrNS/c1-5-15-7-8-16(21-15)11-17(20-6-2)14-9-12(3)18(19)13(4)10-14/h7-10,17,20H,5-6,11H2,1-4H3. The van der Waals surface area contributed by atoms with Gasteiger partial charge in [0.2, 0.25) is 0 Å². The molecule has 0 aliphatic heterocycles. The van der Waals surface area contributed by atoms with Crippen LogP contribution in [0.15, 0.2) is 28.7 Å². The minimum atomic E-state index is 0.392. The van der Waals surface area contributed by atoms with Crippen LogP contribution in [0.2, 0.25) is 0 Å². The molecule has 1 aromatic carbocycles. The van der Waals surface area contributed by atoms with E-state index in [1.54, 1.807) is 0 Å². The van der Waals surface area contributed by atoms with Crippen molar-refractivity contribution >= 4 is 27.3 Å². The predicted molar refractivity (Wildman–Crippen MR) is 97.4 cm³/mol. The fourth-order valence-corrected chi connectivity index (χ4v) is 3.89. The van der Waals surface area contributed by atoms with Gasteiger partial charge >= 0.3 is 0 Å². The minimum absolute atomic E-state index is 0.392. The Morgan fingerprint density at radius 1 is 1.10 bits per heavy atom. The van der Waals surface area contributed by atoms with Crippen LogP contribution < -0.4 is 5.32 Å². The largest absolute Gasteiger partial charge is 0.310 e. The first-order chi connectivity index (χ1) is 10.0. The van der Waals surface area contributed by atoms with E-state index in [-0.39, 0.29) is 0 Å². The van der Waals surface area contributed by atoms with Crippen LogP contribution in [0.25, 0.3) is 0 Å². The van der Waals surface area contributed by atoms with Crippen molar-refractivity contribution in [2.24, 2.45) is 0 Å². The van der Waals surface area contributed by atoms with Gasteiger partial charge < -0.3 is 5.32 Å². The summed E-state index contributed by atoms with van der Waals surface area (Å²) in [5.74, 6) is 0. The average molecular weight is 366 g/mol. The zero-order valence-corrected chi connectivity index (χ0v) is 15.7. The third kappa shape index (κ3) is 4.18. The predicted octanol–water partition coefficient (Wildman–Crippen LogP) is 5.58. The summed E-state index contributed by atoms with van der Waals surface area (Å²) in [6.45, 7) is 9.73. The molecule has 1 unspecified atom stereocenters. The van der Waals surface area contributed by atoms with Gasteiger partial charge in [-0.25, -0.2) is 0 Å². The Balaban J connectivity index is 2.26. The van der Waals surface area contributed by atoms with E-state index in [1.807, 2.05) is 11.3 Å². The second kappa shape index (κ2) is 7.57. The number of aryl methyl sites for hydroxylation is 3. The highest BCUT2D eigenvalue weighted by molar-refractivity contribution is 9.10. The molecule has 1 heterocycles. The van der Waals surface area contributed by atoms with E-state index < -0.39 is 0 Å². The highest BCUT2D eigenvalue weighted by Crippen LogP contribution is 2.29. The number of hydrogen-bond donors (Lipinski definition) is 1. The smallest absolute Gasteiger partial charge is 0.0368 e. The van der Waals surface area contributed by atoms with E-state index in [4.69, 9.17) is 0 Å². The Hall–Kier alpha value is -0.640. The van der Waals surface area contributed by atoms with Crippen molar-refractivity contribution in [2.45, 2.75) is 46.6 Å². The highest BCUT2D eigenvalue weighted by atomic mass is 79.9. The molecule has 0 aliphatic rings. The first-order valence-electron chi connectivity index (χ1n) is 7.62. The number of thiophene rings is 1. The molecule has 0 bridgehead atoms. The second-order valence-corrected chi connectivity index (χ2v) is 7.55. The summed E-state index contributed by atoms with van der Waals surface area (Å²) in [4.78, 5) is 2.94. The lowest BCUT2D eigenvalue weighted by molar-refractivity contribution is 0.552. The maximum Gasteiger partial charge on any atom is 0.0368 e. The van der Waals surface area contributed by atoms with Crippen LogP contribution in [0.5, 0.6) is 0 Å². The molecule has 1 N–H and O–H groups in total. The summed E-state index contributed by atoms with van der Waals surface area (Å²) in [6.07, 6.45) is 2.20. The van der Waals surface area contributed by atoms with Gasteiger partial charge in [0.15, 0.2) is 0 Å². The number of rotatable bonds is 6. The maximum atomic E-state index is 3.66. The van der Waals surface area contributed by atoms with Gasteiger partial charge in [-0.15, -0.1) is 11.3 Å². The fraction of sp³-hybridized carbons (Fsp3) is 0.444. The Morgan fingerprint density at radius 2 is 1.71 bits per heavy atom. The lowest BCUT2D eigenvalue weighted by Crippen LogP contribution is -2.23. The van der Waals surface area contributed by atoms with Gasteiger partial charge in [0.1, 0.15) is 0 Å². The quantitative estimate of drug-likeness (QED) is 0.703. The highest BCUT2D eigenvalue weighted by Gasteiger charge is 2.14. The fourth-order valence-electron chi connectivity index (χ4n) is 2.66. The molecule has 114 valence electrons. The molecule has 0 fully saturated rings. The molecule has 3 heteroatoms. The number of likely N-dealkylation sites (N-methyl/N-ethyl adjacent to an activating group) is 1. The molecule has 1 aromatic heterocycles. The first-order valence-corrected chi connectivity index (χ1v) is 9.23. The van der Waals surface area contributed by atoms with Crippen LogP contribution in [0.4, 0.5) is 0 Å². The third-order valence-electron chi connectivity index (χ3n) is 3.78. The molecule has 0 saturated carbocycles. The third-order valence-corrected chi connectivity index (χ3v) is 6.29. The minimum Gasteiger partial charge on any atom is -0.310 e. The van der Waals surface area contributed by atoms with Crippen molar-refractivity contribution in [1.29, 1.82) is 0 Å². The summed E-state index contributed by atoms with van der Waals surface area (Å²) in [5.41, 5.74) is 4.02. The van der Waals surface area contributed by atoms with E-state index in [0.717, 1.165) is 19.4 Å². The molecule has 1 nitrogen and oxygen atoms in total. The summed E-state index contributed by atoms with van der Waals surface area (Å²) >= 11 is 5.61. The van der Waals surface area contributed by atoms with E-state index in [9.17, 15) is 0 Å². The van der Waals surface area contributed by atoms with Gasteiger partial charge in [0, 0.05) is 26.7 Å². The molecule has 1 atom stereocenters. The van der Waals surface area contributed by atoms with Crippen LogP contribution in [0.1, 0.15) is 46.3 Å². The van der Waals surface area contributed by atoms with Crippen LogP contribution in [0.3, 0.4) is 0 Å². The molecular formula is C18H24BrNS. The lowest BCUT2D eigenvalue weighted by atomic mass is 9.98. The number of hydrogen-bond acceptors (Lipinski definition) is 2. The molecule has 21 heavy (non-hydrogen) atoms. The monoisotopic (exact) mass is 365 g/mol. The Kier molecular flexibility index (Phi) is 6.03. The molecule has 0 saturated heterocycles. The van der Waals surface area contributed by atoms with Gasteiger partial charge in [-0.1, -0.05) is 41.9 Å². The summed E-state index contributed by atoms with van der Waals surface area (Å²) < 4.78 is 1.23. The molecule has 0 radical (unpaired) electrons. The average Bonchev–Trinajstić information content (AvgIpc) is 2.91. The topological polar surface area (TPSA) is 12.0 Å². The van der Waals surface area contributed by atoms with Gasteiger partial charge in [0.25, 0.3) is 0 Å². The van der Waals surface area contributed by atoms with Crippen LogP contribution >= 0.6 is 27.3 Å². The SMILES string of the molecule is CCNC(Cc1ccc(CC)s1)c1cc(C)c(Br)c(C)c1. The maximum absolute atomic E-state index is 3.66. The van der Waals surface area contributed by atoms with Crippen molar-refractivity contribution in [3.05, 3.63) is 55.2 Å². The van der Waals surface area contributed by atoms with Gasteiger partial charge in [0.05, 0.1) is 0 Å². The second-order valence-electron chi connectivity index (χ2n) is 5.50. The molecule has 0 amide bonds. The normalized spacial score (nSPS) is 12.6. The van der Waals surface area contributed by atoms with Gasteiger partial charge in [-0.2, -0.15) is 0 Å². The van der Waals surface area contributed by atoms with Crippen molar-refractivity contribution in [3.8, 4) is 0 Å². The Morgan fingerprint density at radius 3 is 2.24 bits per heavy atom. The summed E-state index contributed by atoms with van der Waals surface area (Å²) in [5, 5.41) is 3.64. The Labute approximate surface area is 140 Å². The lowest BCUT2D eigenvalue weighted by Gasteiger charge is -2.20. The van der Waals surface area contributed by atoms with Crippen LogP contribution in [0, 0.1) is 13.8 Å². The van der Waals surface area contributed by atoms with Crippen LogP contribution in [-0.2, 0) is 12.8 Å². The van der Waals surface area contributed by atoms with Crippen molar-refractivity contribution in [1.82, 2.24) is 5.32 Å². The molecule has 2 aromatic rings. The van der Waals surface area contributed by atoms with Crippen molar-refractivity contribution in [3.63, 3.8) is 0 Å². The molecule has 0 spiro atoms. The number of nitrogens with one attached hydrogen (secondary N) is 1. The van der Waals surface area contributed by atoms with E-state index in [2.05, 4.69) is 73.2 Å². The number of benzene rings is 1. The Bertz CT molecular complexity index is 580. The van der Waals surface area contributed by atoms with Gasteiger partial charge in [-0.05, 0) is 55.6 Å². The molecular weight excluding hydrogens is 342 g/mol. The van der Waals surface area contributed by atoms with Gasteiger partial charge in [-0.3, -0.25) is 0 Å². The van der Waals surface area contributed by atoms with E-state index in [0.29, 0.717) is 6.04 Å². The molecule has 2 rings (SSSR count). The van der Waals surface area contributed by atoms with E-state index in [1.165, 1.54) is 30.9 Å². The molecule has 0 aliphatic carbocycles.